The lowest BCUT2D eigenvalue weighted by Gasteiger charge is -2.14. The van der Waals surface area contributed by atoms with Gasteiger partial charge in [-0.2, -0.15) is 0 Å². The molecule has 0 saturated heterocycles. The third-order valence-corrected chi connectivity index (χ3v) is 3.12. The Labute approximate surface area is 105 Å². The average molecular weight is 235 g/mol. The van der Waals surface area contributed by atoms with Crippen LogP contribution < -0.4 is 10.1 Å². The highest BCUT2D eigenvalue weighted by Crippen LogP contribution is 2.18. The molecule has 2 unspecified atom stereocenters. The van der Waals surface area contributed by atoms with Gasteiger partial charge in [-0.15, -0.1) is 0 Å². The zero-order valence-electron chi connectivity index (χ0n) is 11.5. The summed E-state index contributed by atoms with van der Waals surface area (Å²) in [7, 11) is 0. The van der Waals surface area contributed by atoms with Crippen molar-refractivity contribution in [1.29, 1.82) is 0 Å². The molecule has 0 bridgehead atoms. The van der Waals surface area contributed by atoms with E-state index in [1.165, 1.54) is 5.56 Å². The number of hydrogen-bond acceptors (Lipinski definition) is 2. The monoisotopic (exact) mass is 235 g/mol. The van der Waals surface area contributed by atoms with Crippen LogP contribution >= 0.6 is 0 Å². The molecule has 0 heterocycles. The average Bonchev–Trinajstić information content (AvgIpc) is 2.36. The van der Waals surface area contributed by atoms with E-state index in [1.54, 1.807) is 0 Å². The quantitative estimate of drug-likeness (QED) is 0.776. The Bertz CT molecular complexity index is 307. The van der Waals surface area contributed by atoms with Crippen molar-refractivity contribution in [1.82, 2.24) is 5.32 Å². The van der Waals surface area contributed by atoms with Gasteiger partial charge in [0.05, 0.1) is 6.61 Å². The fourth-order valence-corrected chi connectivity index (χ4v) is 1.63. The van der Waals surface area contributed by atoms with Crippen molar-refractivity contribution in [2.45, 2.75) is 40.2 Å². The Balaban J connectivity index is 2.50. The maximum Gasteiger partial charge on any atom is 0.119 e. The predicted octanol–water partition coefficient (Wildman–Crippen LogP) is 3.78. The molecule has 96 valence electrons. The van der Waals surface area contributed by atoms with E-state index >= 15 is 0 Å². The van der Waals surface area contributed by atoms with Gasteiger partial charge in [0.2, 0.25) is 0 Å². The van der Waals surface area contributed by atoms with E-state index in [-0.39, 0.29) is 0 Å². The van der Waals surface area contributed by atoms with Crippen molar-refractivity contribution in [2.24, 2.45) is 5.92 Å². The maximum absolute atomic E-state index is 5.73. The molecule has 0 aliphatic carbocycles. The maximum atomic E-state index is 5.73. The minimum atomic E-state index is 0.406. The minimum Gasteiger partial charge on any atom is -0.493 e. The summed E-state index contributed by atoms with van der Waals surface area (Å²) in [5.41, 5.74) is 1.31. The molecule has 0 aliphatic rings. The second kappa shape index (κ2) is 7.33. The Morgan fingerprint density at radius 3 is 2.29 bits per heavy atom. The molecular formula is C15H25NO. The smallest absolute Gasteiger partial charge is 0.119 e. The van der Waals surface area contributed by atoms with Crippen molar-refractivity contribution >= 4 is 0 Å². The summed E-state index contributed by atoms with van der Waals surface area (Å²) in [6.07, 6.45) is 1.16. The van der Waals surface area contributed by atoms with Crippen molar-refractivity contribution in [2.75, 3.05) is 13.2 Å². The van der Waals surface area contributed by atoms with Crippen LogP contribution in [-0.2, 0) is 0 Å². The summed E-state index contributed by atoms with van der Waals surface area (Å²) >= 11 is 0. The van der Waals surface area contributed by atoms with Gasteiger partial charge >= 0.3 is 0 Å². The van der Waals surface area contributed by atoms with Gasteiger partial charge in [-0.3, -0.25) is 0 Å². The highest BCUT2D eigenvalue weighted by molar-refractivity contribution is 5.28. The third kappa shape index (κ3) is 4.78. The van der Waals surface area contributed by atoms with Crippen LogP contribution in [0.2, 0.25) is 0 Å². The van der Waals surface area contributed by atoms with E-state index < -0.39 is 0 Å². The van der Waals surface area contributed by atoms with Crippen LogP contribution in [0, 0.1) is 5.92 Å². The molecule has 1 aromatic rings. The molecule has 1 rings (SSSR count). The summed E-state index contributed by atoms with van der Waals surface area (Å²) in [4.78, 5) is 0. The fourth-order valence-electron chi connectivity index (χ4n) is 1.63. The summed E-state index contributed by atoms with van der Waals surface area (Å²) < 4.78 is 5.73. The Kier molecular flexibility index (Phi) is 6.06. The minimum absolute atomic E-state index is 0.406. The van der Waals surface area contributed by atoms with Crippen LogP contribution in [0.3, 0.4) is 0 Å². The van der Waals surface area contributed by atoms with Gasteiger partial charge < -0.3 is 10.1 Å². The second-order valence-electron chi connectivity index (χ2n) is 4.67. The molecule has 2 atom stereocenters. The first-order valence-electron chi connectivity index (χ1n) is 6.63. The van der Waals surface area contributed by atoms with E-state index in [9.17, 15) is 0 Å². The molecule has 0 radical (unpaired) electrons. The van der Waals surface area contributed by atoms with Crippen LogP contribution in [0.15, 0.2) is 24.3 Å². The third-order valence-electron chi connectivity index (χ3n) is 3.12. The Morgan fingerprint density at radius 1 is 1.12 bits per heavy atom. The van der Waals surface area contributed by atoms with Gasteiger partial charge in [0.15, 0.2) is 0 Å². The highest BCUT2D eigenvalue weighted by atomic mass is 16.5. The number of hydrogen-bond donors (Lipinski definition) is 1. The van der Waals surface area contributed by atoms with Crippen molar-refractivity contribution in [3.63, 3.8) is 0 Å². The van der Waals surface area contributed by atoms with Crippen molar-refractivity contribution < 1.29 is 4.74 Å². The van der Waals surface area contributed by atoms with Crippen LogP contribution in [0.25, 0.3) is 0 Å². The van der Waals surface area contributed by atoms with Gasteiger partial charge in [0.25, 0.3) is 0 Å². The molecule has 0 amide bonds. The summed E-state index contributed by atoms with van der Waals surface area (Å²) in [5.74, 6) is 1.59. The predicted molar refractivity (Wildman–Crippen MR) is 73.5 cm³/mol. The summed E-state index contributed by atoms with van der Waals surface area (Å²) in [5, 5.41) is 3.40. The topological polar surface area (TPSA) is 21.3 Å². The normalized spacial score (nSPS) is 14.4. The van der Waals surface area contributed by atoms with Crippen molar-refractivity contribution in [3.05, 3.63) is 29.8 Å². The van der Waals surface area contributed by atoms with Gasteiger partial charge in [-0.05, 0) is 37.1 Å². The molecule has 17 heavy (non-hydrogen) atoms. The Morgan fingerprint density at radius 2 is 1.76 bits per heavy atom. The number of nitrogens with one attached hydrogen (secondary N) is 1. The summed E-state index contributed by atoms with van der Waals surface area (Å²) in [6.45, 7) is 10.5. The standard InChI is InChI=1S/C15H25NO/c1-5-12(3)11-17-15-9-7-14(8-10-15)13(4)16-6-2/h7-10,12-13,16H,5-6,11H2,1-4H3. The summed E-state index contributed by atoms with van der Waals surface area (Å²) in [6, 6.07) is 8.80. The van der Waals surface area contributed by atoms with Crippen LogP contribution in [0.1, 0.15) is 45.7 Å². The van der Waals surface area contributed by atoms with Gasteiger partial charge in [-0.25, -0.2) is 0 Å². The molecule has 0 aliphatic heterocycles. The van der Waals surface area contributed by atoms with Gasteiger partial charge in [0.1, 0.15) is 5.75 Å². The molecular weight excluding hydrogens is 210 g/mol. The zero-order valence-corrected chi connectivity index (χ0v) is 11.5. The number of rotatable bonds is 7. The molecule has 0 saturated carbocycles. The first kappa shape index (κ1) is 14.0. The molecule has 0 spiro atoms. The van der Waals surface area contributed by atoms with E-state index in [0.29, 0.717) is 12.0 Å². The highest BCUT2D eigenvalue weighted by Gasteiger charge is 2.04. The molecule has 0 aromatic heterocycles. The second-order valence-corrected chi connectivity index (χ2v) is 4.67. The van der Waals surface area contributed by atoms with E-state index in [0.717, 1.165) is 25.3 Å². The van der Waals surface area contributed by atoms with Crippen molar-refractivity contribution in [3.8, 4) is 5.75 Å². The zero-order chi connectivity index (χ0) is 12.7. The lowest BCUT2D eigenvalue weighted by molar-refractivity contribution is 0.256. The number of ether oxygens (including phenoxy) is 1. The lowest BCUT2D eigenvalue weighted by atomic mass is 10.1. The first-order chi connectivity index (χ1) is 8.17. The van der Waals surface area contributed by atoms with Crippen LogP contribution in [0.5, 0.6) is 5.75 Å². The molecule has 0 fully saturated rings. The molecule has 2 nitrogen and oxygen atoms in total. The lowest BCUT2D eigenvalue weighted by Crippen LogP contribution is -2.17. The van der Waals surface area contributed by atoms with Crippen LogP contribution in [0.4, 0.5) is 0 Å². The fraction of sp³-hybridized carbons (Fsp3) is 0.600. The first-order valence-corrected chi connectivity index (χ1v) is 6.63. The molecule has 1 N–H and O–H groups in total. The van der Waals surface area contributed by atoms with E-state index in [4.69, 9.17) is 4.74 Å². The van der Waals surface area contributed by atoms with E-state index in [1.807, 2.05) is 0 Å². The van der Waals surface area contributed by atoms with Gasteiger partial charge in [0, 0.05) is 6.04 Å². The largest absolute Gasteiger partial charge is 0.493 e. The van der Waals surface area contributed by atoms with Gasteiger partial charge in [-0.1, -0.05) is 39.3 Å². The molecule has 2 heteroatoms. The van der Waals surface area contributed by atoms with Crippen LogP contribution in [-0.4, -0.2) is 13.2 Å². The number of benzene rings is 1. The molecule has 1 aromatic carbocycles. The van der Waals surface area contributed by atoms with E-state index in [2.05, 4.69) is 57.3 Å². The Hall–Kier alpha value is -1.02. The SMILES string of the molecule is CCNC(C)c1ccc(OCC(C)CC)cc1.